The number of pyridine rings is 1. The van der Waals surface area contributed by atoms with Crippen LogP contribution < -0.4 is 10.9 Å². The maximum atomic E-state index is 12.4. The van der Waals surface area contributed by atoms with Crippen LogP contribution in [0.15, 0.2) is 53.6 Å². The van der Waals surface area contributed by atoms with Gasteiger partial charge in [0.2, 0.25) is 0 Å². The zero-order valence-electron chi connectivity index (χ0n) is 12.3. The van der Waals surface area contributed by atoms with Gasteiger partial charge < -0.3 is 5.32 Å². The standard InChI is InChI=1S/C17H15N3O2/c1-11-6-5-7-14(12(11)2)19-16(21)13-10-18-15-8-3-4-9-20(15)17(13)22/h3-10H,1-2H3,(H,19,21). The van der Waals surface area contributed by atoms with Crippen LogP contribution in [0.3, 0.4) is 0 Å². The van der Waals surface area contributed by atoms with Crippen molar-refractivity contribution in [3.63, 3.8) is 0 Å². The number of carbonyl (C=O) groups is 1. The molecule has 5 nitrogen and oxygen atoms in total. The molecule has 2 heterocycles. The summed E-state index contributed by atoms with van der Waals surface area (Å²) >= 11 is 0. The average Bonchev–Trinajstić information content (AvgIpc) is 2.52. The summed E-state index contributed by atoms with van der Waals surface area (Å²) < 4.78 is 1.36. The Labute approximate surface area is 127 Å². The van der Waals surface area contributed by atoms with Crippen LogP contribution in [-0.4, -0.2) is 15.3 Å². The molecule has 5 heteroatoms. The van der Waals surface area contributed by atoms with Crippen LogP contribution in [0.4, 0.5) is 5.69 Å². The number of amides is 1. The Hall–Kier alpha value is -2.95. The highest BCUT2D eigenvalue weighted by Gasteiger charge is 2.14. The zero-order valence-corrected chi connectivity index (χ0v) is 12.3. The van der Waals surface area contributed by atoms with E-state index in [0.29, 0.717) is 11.3 Å². The molecule has 0 atom stereocenters. The predicted molar refractivity (Wildman–Crippen MR) is 85.3 cm³/mol. The monoisotopic (exact) mass is 293 g/mol. The Kier molecular flexibility index (Phi) is 3.47. The number of anilines is 1. The van der Waals surface area contributed by atoms with Crippen molar-refractivity contribution in [1.29, 1.82) is 0 Å². The molecule has 0 spiro atoms. The average molecular weight is 293 g/mol. The molecule has 0 unspecified atom stereocenters. The molecule has 0 saturated carbocycles. The number of nitrogens with zero attached hydrogens (tertiary/aromatic N) is 2. The molecule has 2 aromatic heterocycles. The summed E-state index contributed by atoms with van der Waals surface area (Å²) in [6.07, 6.45) is 2.91. The first-order valence-corrected chi connectivity index (χ1v) is 6.92. The van der Waals surface area contributed by atoms with Gasteiger partial charge in [0.25, 0.3) is 11.5 Å². The number of rotatable bonds is 2. The van der Waals surface area contributed by atoms with Gasteiger partial charge in [-0.3, -0.25) is 14.0 Å². The topological polar surface area (TPSA) is 63.5 Å². The van der Waals surface area contributed by atoms with E-state index < -0.39 is 5.91 Å². The van der Waals surface area contributed by atoms with E-state index in [1.165, 1.54) is 10.6 Å². The Morgan fingerprint density at radius 2 is 1.95 bits per heavy atom. The molecule has 110 valence electrons. The van der Waals surface area contributed by atoms with Crippen molar-refractivity contribution in [2.45, 2.75) is 13.8 Å². The zero-order chi connectivity index (χ0) is 15.7. The highest BCUT2D eigenvalue weighted by atomic mass is 16.2. The summed E-state index contributed by atoms with van der Waals surface area (Å²) in [7, 11) is 0. The molecule has 1 N–H and O–H groups in total. The van der Waals surface area contributed by atoms with Gasteiger partial charge in [-0.2, -0.15) is 0 Å². The van der Waals surface area contributed by atoms with Crippen molar-refractivity contribution in [3.05, 3.63) is 75.8 Å². The fraction of sp³-hybridized carbons (Fsp3) is 0.118. The van der Waals surface area contributed by atoms with Crippen LogP contribution in [-0.2, 0) is 0 Å². The largest absolute Gasteiger partial charge is 0.322 e. The minimum Gasteiger partial charge on any atom is -0.322 e. The van der Waals surface area contributed by atoms with Gasteiger partial charge in [-0.1, -0.05) is 18.2 Å². The highest BCUT2D eigenvalue weighted by molar-refractivity contribution is 6.04. The second-order valence-corrected chi connectivity index (χ2v) is 5.11. The first kappa shape index (κ1) is 14.0. The maximum Gasteiger partial charge on any atom is 0.270 e. The number of hydrogen-bond acceptors (Lipinski definition) is 3. The number of aryl methyl sites for hydroxylation is 1. The maximum absolute atomic E-state index is 12.4. The lowest BCUT2D eigenvalue weighted by Crippen LogP contribution is -2.26. The molecule has 3 rings (SSSR count). The lowest BCUT2D eigenvalue weighted by molar-refractivity contribution is 0.102. The van der Waals surface area contributed by atoms with E-state index in [0.717, 1.165) is 11.1 Å². The number of nitrogens with one attached hydrogen (secondary N) is 1. The molecular weight excluding hydrogens is 278 g/mol. The van der Waals surface area contributed by atoms with Crippen LogP contribution in [0.2, 0.25) is 0 Å². The first-order chi connectivity index (χ1) is 10.6. The van der Waals surface area contributed by atoms with E-state index in [1.54, 1.807) is 24.4 Å². The molecule has 0 bridgehead atoms. The van der Waals surface area contributed by atoms with E-state index in [2.05, 4.69) is 10.3 Å². The summed E-state index contributed by atoms with van der Waals surface area (Å²) in [5.74, 6) is -0.454. The molecular formula is C17H15N3O2. The summed E-state index contributed by atoms with van der Waals surface area (Å²) in [4.78, 5) is 28.9. The van der Waals surface area contributed by atoms with Crippen molar-refractivity contribution < 1.29 is 4.79 Å². The second-order valence-electron chi connectivity index (χ2n) is 5.11. The number of carbonyl (C=O) groups excluding carboxylic acids is 1. The third kappa shape index (κ3) is 2.37. The number of aromatic nitrogens is 2. The van der Waals surface area contributed by atoms with Crippen molar-refractivity contribution in [2.75, 3.05) is 5.32 Å². The number of fused-ring (bicyclic) bond motifs is 1. The summed E-state index contributed by atoms with van der Waals surface area (Å²) in [5.41, 5.74) is 2.90. The van der Waals surface area contributed by atoms with E-state index in [4.69, 9.17) is 0 Å². The van der Waals surface area contributed by atoms with Crippen LogP contribution in [0, 0.1) is 13.8 Å². The van der Waals surface area contributed by atoms with Gasteiger partial charge in [-0.05, 0) is 43.2 Å². The molecule has 0 fully saturated rings. The molecule has 3 aromatic rings. The lowest BCUT2D eigenvalue weighted by atomic mass is 10.1. The fourth-order valence-electron chi connectivity index (χ4n) is 2.26. The molecule has 0 aliphatic rings. The smallest absolute Gasteiger partial charge is 0.270 e. The van der Waals surface area contributed by atoms with Crippen LogP contribution in [0.5, 0.6) is 0 Å². The lowest BCUT2D eigenvalue weighted by Gasteiger charge is -2.10. The van der Waals surface area contributed by atoms with E-state index in [1.807, 2.05) is 32.0 Å². The van der Waals surface area contributed by atoms with Gasteiger partial charge in [-0.25, -0.2) is 4.98 Å². The van der Waals surface area contributed by atoms with Crippen molar-refractivity contribution >= 4 is 17.2 Å². The van der Waals surface area contributed by atoms with Crippen molar-refractivity contribution in [2.24, 2.45) is 0 Å². The second kappa shape index (κ2) is 5.44. The van der Waals surface area contributed by atoms with Gasteiger partial charge in [0, 0.05) is 18.1 Å². The summed E-state index contributed by atoms with van der Waals surface area (Å²) in [6, 6.07) is 10.9. The minimum atomic E-state index is -0.454. The van der Waals surface area contributed by atoms with Gasteiger partial charge in [0.1, 0.15) is 11.2 Å². The quantitative estimate of drug-likeness (QED) is 0.790. The van der Waals surface area contributed by atoms with E-state index in [-0.39, 0.29) is 11.1 Å². The number of benzene rings is 1. The molecule has 0 radical (unpaired) electrons. The number of hydrogen-bond donors (Lipinski definition) is 1. The SMILES string of the molecule is Cc1cccc(NC(=O)c2cnc3ccccn3c2=O)c1C. The van der Waals surface area contributed by atoms with Crippen molar-refractivity contribution in [3.8, 4) is 0 Å². The third-order valence-electron chi connectivity index (χ3n) is 3.71. The molecule has 0 aliphatic carbocycles. The molecule has 1 amide bonds. The molecule has 22 heavy (non-hydrogen) atoms. The minimum absolute atomic E-state index is 0.0182. The highest BCUT2D eigenvalue weighted by Crippen LogP contribution is 2.18. The predicted octanol–water partition coefficient (Wildman–Crippen LogP) is 2.56. The Balaban J connectivity index is 2.01. The van der Waals surface area contributed by atoms with Crippen LogP contribution >= 0.6 is 0 Å². The van der Waals surface area contributed by atoms with Gasteiger partial charge in [0.15, 0.2) is 0 Å². The van der Waals surface area contributed by atoms with Gasteiger partial charge in [-0.15, -0.1) is 0 Å². The fourth-order valence-corrected chi connectivity index (χ4v) is 2.26. The van der Waals surface area contributed by atoms with Gasteiger partial charge >= 0.3 is 0 Å². The van der Waals surface area contributed by atoms with E-state index in [9.17, 15) is 9.59 Å². The third-order valence-corrected chi connectivity index (χ3v) is 3.71. The van der Waals surface area contributed by atoms with Crippen LogP contribution in [0.1, 0.15) is 21.5 Å². The summed E-state index contributed by atoms with van der Waals surface area (Å²) in [5, 5.41) is 2.78. The normalized spacial score (nSPS) is 10.6. The molecule has 0 aliphatic heterocycles. The first-order valence-electron chi connectivity index (χ1n) is 6.92. The molecule has 1 aromatic carbocycles. The molecule has 0 saturated heterocycles. The Morgan fingerprint density at radius 1 is 1.14 bits per heavy atom. The van der Waals surface area contributed by atoms with Gasteiger partial charge in [0.05, 0.1) is 0 Å². The Bertz CT molecular complexity index is 929. The van der Waals surface area contributed by atoms with Crippen molar-refractivity contribution in [1.82, 2.24) is 9.38 Å². The Morgan fingerprint density at radius 3 is 2.77 bits per heavy atom. The van der Waals surface area contributed by atoms with Crippen LogP contribution in [0.25, 0.3) is 5.65 Å². The van der Waals surface area contributed by atoms with E-state index >= 15 is 0 Å². The summed E-state index contributed by atoms with van der Waals surface area (Å²) in [6.45, 7) is 3.90.